The van der Waals surface area contributed by atoms with Gasteiger partial charge < -0.3 is 10.2 Å². The van der Waals surface area contributed by atoms with Gasteiger partial charge in [0.25, 0.3) is 0 Å². The SMILES string of the molecule is Cc1cc(N(C)CCC2CCCCN2)ccc1F. The average Bonchev–Trinajstić information content (AvgIpc) is 2.40. The zero-order chi connectivity index (χ0) is 13.0. The van der Waals surface area contributed by atoms with Crippen molar-refractivity contribution in [3.05, 3.63) is 29.6 Å². The summed E-state index contributed by atoms with van der Waals surface area (Å²) >= 11 is 0. The summed E-state index contributed by atoms with van der Waals surface area (Å²) < 4.78 is 13.2. The van der Waals surface area contributed by atoms with Crippen LogP contribution in [0.25, 0.3) is 0 Å². The largest absolute Gasteiger partial charge is 0.375 e. The number of anilines is 1. The Balaban J connectivity index is 1.86. The van der Waals surface area contributed by atoms with E-state index < -0.39 is 0 Å². The molecular weight excluding hydrogens is 227 g/mol. The zero-order valence-corrected chi connectivity index (χ0v) is 11.4. The fourth-order valence-electron chi connectivity index (χ4n) is 2.52. The molecule has 0 bridgehead atoms. The van der Waals surface area contributed by atoms with Gasteiger partial charge in [0, 0.05) is 25.3 Å². The maximum atomic E-state index is 13.2. The van der Waals surface area contributed by atoms with E-state index in [9.17, 15) is 4.39 Å². The number of nitrogens with zero attached hydrogens (tertiary/aromatic N) is 1. The van der Waals surface area contributed by atoms with Crippen molar-refractivity contribution in [2.75, 3.05) is 25.0 Å². The second-order valence-corrected chi connectivity index (χ2v) is 5.29. The van der Waals surface area contributed by atoms with Gasteiger partial charge in [-0.3, -0.25) is 0 Å². The number of halogens is 1. The third kappa shape index (κ3) is 3.45. The van der Waals surface area contributed by atoms with Crippen LogP contribution in [0, 0.1) is 12.7 Å². The van der Waals surface area contributed by atoms with Gasteiger partial charge in [0.15, 0.2) is 0 Å². The van der Waals surface area contributed by atoms with E-state index in [-0.39, 0.29) is 5.82 Å². The number of piperidine rings is 1. The number of hydrogen-bond acceptors (Lipinski definition) is 2. The van der Waals surface area contributed by atoms with E-state index in [4.69, 9.17) is 0 Å². The number of nitrogens with one attached hydrogen (secondary N) is 1. The van der Waals surface area contributed by atoms with Crippen molar-refractivity contribution in [1.82, 2.24) is 5.32 Å². The normalized spacial score (nSPS) is 19.8. The van der Waals surface area contributed by atoms with E-state index in [1.165, 1.54) is 19.3 Å². The third-order valence-electron chi connectivity index (χ3n) is 3.81. The lowest BCUT2D eigenvalue weighted by Gasteiger charge is -2.27. The maximum absolute atomic E-state index is 13.2. The van der Waals surface area contributed by atoms with Gasteiger partial charge >= 0.3 is 0 Å². The van der Waals surface area contributed by atoms with Crippen LogP contribution in [-0.4, -0.2) is 26.2 Å². The van der Waals surface area contributed by atoms with E-state index in [1.807, 2.05) is 19.1 Å². The molecule has 100 valence electrons. The Labute approximate surface area is 109 Å². The molecule has 2 nitrogen and oxygen atoms in total. The lowest BCUT2D eigenvalue weighted by atomic mass is 10.0. The molecule has 0 radical (unpaired) electrons. The highest BCUT2D eigenvalue weighted by molar-refractivity contribution is 5.48. The molecule has 2 rings (SSSR count). The molecular formula is C15H23FN2. The van der Waals surface area contributed by atoms with E-state index in [1.54, 1.807) is 6.07 Å². The molecule has 1 saturated heterocycles. The molecule has 1 aliphatic rings. The molecule has 1 atom stereocenters. The fraction of sp³-hybridized carbons (Fsp3) is 0.600. The van der Waals surface area contributed by atoms with Crippen molar-refractivity contribution in [2.24, 2.45) is 0 Å². The van der Waals surface area contributed by atoms with Crippen molar-refractivity contribution >= 4 is 5.69 Å². The van der Waals surface area contributed by atoms with Crippen LogP contribution in [0.4, 0.5) is 10.1 Å². The van der Waals surface area contributed by atoms with Gasteiger partial charge in [-0.25, -0.2) is 4.39 Å². The number of benzene rings is 1. The molecule has 1 aromatic rings. The van der Waals surface area contributed by atoms with Crippen LogP contribution in [-0.2, 0) is 0 Å². The van der Waals surface area contributed by atoms with Gasteiger partial charge in [-0.1, -0.05) is 6.42 Å². The Morgan fingerprint density at radius 3 is 2.89 bits per heavy atom. The molecule has 18 heavy (non-hydrogen) atoms. The smallest absolute Gasteiger partial charge is 0.126 e. The van der Waals surface area contributed by atoms with Crippen LogP contribution in [0.3, 0.4) is 0 Å². The predicted molar refractivity (Wildman–Crippen MR) is 74.7 cm³/mol. The zero-order valence-electron chi connectivity index (χ0n) is 11.4. The lowest BCUT2D eigenvalue weighted by molar-refractivity contribution is 0.384. The van der Waals surface area contributed by atoms with Crippen LogP contribution in [0.15, 0.2) is 18.2 Å². The summed E-state index contributed by atoms with van der Waals surface area (Å²) in [5, 5.41) is 3.56. The second-order valence-electron chi connectivity index (χ2n) is 5.29. The highest BCUT2D eigenvalue weighted by Crippen LogP contribution is 2.18. The molecule has 1 unspecified atom stereocenters. The van der Waals surface area contributed by atoms with Crippen LogP contribution >= 0.6 is 0 Å². The van der Waals surface area contributed by atoms with Gasteiger partial charge in [-0.15, -0.1) is 0 Å². The van der Waals surface area contributed by atoms with Crippen LogP contribution in [0.1, 0.15) is 31.2 Å². The van der Waals surface area contributed by atoms with Crippen molar-refractivity contribution in [3.63, 3.8) is 0 Å². The van der Waals surface area contributed by atoms with Gasteiger partial charge in [-0.05, 0) is 56.5 Å². The Hall–Kier alpha value is -1.09. The average molecular weight is 250 g/mol. The van der Waals surface area contributed by atoms with E-state index in [0.29, 0.717) is 6.04 Å². The minimum atomic E-state index is -0.124. The monoisotopic (exact) mass is 250 g/mol. The summed E-state index contributed by atoms with van der Waals surface area (Å²) in [4.78, 5) is 2.21. The molecule has 3 heteroatoms. The first kappa shape index (κ1) is 13.3. The van der Waals surface area contributed by atoms with Crippen LogP contribution in [0.2, 0.25) is 0 Å². The number of aryl methyl sites for hydroxylation is 1. The van der Waals surface area contributed by atoms with Crippen LogP contribution in [0.5, 0.6) is 0 Å². The molecule has 0 amide bonds. The number of hydrogen-bond donors (Lipinski definition) is 1. The fourth-order valence-corrected chi connectivity index (χ4v) is 2.52. The van der Waals surface area contributed by atoms with Gasteiger partial charge in [-0.2, -0.15) is 0 Å². The first-order chi connectivity index (χ1) is 8.66. The Bertz CT molecular complexity index is 386. The quantitative estimate of drug-likeness (QED) is 0.883. The van der Waals surface area contributed by atoms with E-state index >= 15 is 0 Å². The Morgan fingerprint density at radius 2 is 2.22 bits per heavy atom. The topological polar surface area (TPSA) is 15.3 Å². The minimum Gasteiger partial charge on any atom is -0.375 e. The molecule has 1 aliphatic heterocycles. The third-order valence-corrected chi connectivity index (χ3v) is 3.81. The first-order valence-electron chi connectivity index (χ1n) is 6.87. The highest BCUT2D eigenvalue weighted by atomic mass is 19.1. The van der Waals surface area contributed by atoms with Gasteiger partial charge in [0.1, 0.15) is 5.82 Å². The van der Waals surface area contributed by atoms with Gasteiger partial charge in [0.2, 0.25) is 0 Å². The van der Waals surface area contributed by atoms with E-state index in [0.717, 1.165) is 30.8 Å². The summed E-state index contributed by atoms with van der Waals surface area (Å²) in [5.74, 6) is -0.124. The van der Waals surface area contributed by atoms with Crippen molar-refractivity contribution in [1.29, 1.82) is 0 Å². The standard InChI is InChI=1S/C15H23FN2/c1-12-11-14(6-7-15(12)16)18(2)10-8-13-5-3-4-9-17-13/h6-7,11,13,17H,3-5,8-10H2,1-2H3. The molecule has 0 saturated carbocycles. The summed E-state index contributed by atoms with van der Waals surface area (Å²) in [6.07, 6.45) is 5.10. The van der Waals surface area contributed by atoms with E-state index in [2.05, 4.69) is 17.3 Å². The molecule has 0 spiro atoms. The maximum Gasteiger partial charge on any atom is 0.126 e. The summed E-state index contributed by atoms with van der Waals surface area (Å²) in [6.45, 7) is 3.99. The molecule has 1 fully saturated rings. The van der Waals surface area contributed by atoms with Crippen LogP contribution < -0.4 is 10.2 Å². The molecule has 0 aromatic heterocycles. The lowest BCUT2D eigenvalue weighted by Crippen LogP contribution is -2.36. The summed E-state index contributed by atoms with van der Waals surface area (Å²) in [6, 6.07) is 5.99. The molecule has 1 aromatic carbocycles. The molecule has 1 heterocycles. The second kappa shape index (κ2) is 6.19. The Morgan fingerprint density at radius 1 is 1.39 bits per heavy atom. The predicted octanol–water partition coefficient (Wildman–Crippen LogP) is 3.10. The van der Waals surface area contributed by atoms with Crippen molar-refractivity contribution < 1.29 is 4.39 Å². The highest BCUT2D eigenvalue weighted by Gasteiger charge is 2.13. The van der Waals surface area contributed by atoms with Gasteiger partial charge in [0.05, 0.1) is 0 Å². The molecule has 1 N–H and O–H groups in total. The summed E-state index contributed by atoms with van der Waals surface area (Å²) in [5.41, 5.74) is 1.82. The summed E-state index contributed by atoms with van der Waals surface area (Å²) in [7, 11) is 2.08. The first-order valence-corrected chi connectivity index (χ1v) is 6.87. The van der Waals surface area contributed by atoms with Crippen molar-refractivity contribution in [2.45, 2.75) is 38.6 Å². The number of rotatable bonds is 4. The Kier molecular flexibility index (Phi) is 4.59. The van der Waals surface area contributed by atoms with Crippen molar-refractivity contribution in [3.8, 4) is 0 Å². The molecule has 0 aliphatic carbocycles. The minimum absolute atomic E-state index is 0.124.